The lowest BCUT2D eigenvalue weighted by molar-refractivity contribution is 0.174. The number of halogens is 2. The standard InChI is InChI=1S/C22H19F2N5O3/c23-15-2-3-16(24)18(12-15)25-22(30)29-9-7-28(8-10-29)21-6-4-17(26-27-21)14-1-5-19-20(11-14)32-13-31-19/h1-6,11-12H,7-10,13H2,(H,25,30). The molecular weight excluding hydrogens is 420 g/mol. The normalized spacial score (nSPS) is 15.1. The summed E-state index contributed by atoms with van der Waals surface area (Å²) < 4.78 is 37.8. The first-order chi connectivity index (χ1) is 15.6. The van der Waals surface area contributed by atoms with Gasteiger partial charge in [-0.1, -0.05) is 0 Å². The van der Waals surface area contributed by atoms with Crippen molar-refractivity contribution in [1.29, 1.82) is 0 Å². The number of piperazine rings is 1. The molecule has 0 aliphatic carbocycles. The zero-order chi connectivity index (χ0) is 22.1. The number of nitrogens with one attached hydrogen (secondary N) is 1. The maximum absolute atomic E-state index is 13.8. The first-order valence-electron chi connectivity index (χ1n) is 10.1. The molecule has 2 amide bonds. The summed E-state index contributed by atoms with van der Waals surface area (Å²) in [5.41, 5.74) is 1.41. The third-order valence-corrected chi connectivity index (χ3v) is 5.38. The van der Waals surface area contributed by atoms with Crippen LogP contribution in [-0.2, 0) is 0 Å². The monoisotopic (exact) mass is 439 g/mol. The minimum atomic E-state index is -0.684. The van der Waals surface area contributed by atoms with E-state index in [1.807, 2.05) is 35.2 Å². The summed E-state index contributed by atoms with van der Waals surface area (Å²) in [6.07, 6.45) is 0. The topological polar surface area (TPSA) is 79.8 Å². The molecule has 1 N–H and O–H groups in total. The van der Waals surface area contributed by atoms with Gasteiger partial charge in [-0.3, -0.25) is 0 Å². The number of hydrogen-bond donors (Lipinski definition) is 1. The van der Waals surface area contributed by atoms with Crippen LogP contribution in [0.4, 0.5) is 25.1 Å². The predicted molar refractivity (Wildman–Crippen MR) is 113 cm³/mol. The quantitative estimate of drug-likeness (QED) is 0.673. The van der Waals surface area contributed by atoms with Gasteiger partial charge in [-0.2, -0.15) is 0 Å². The molecule has 3 aromatic rings. The third kappa shape index (κ3) is 3.98. The van der Waals surface area contributed by atoms with Crippen LogP contribution in [-0.4, -0.2) is 54.1 Å². The van der Waals surface area contributed by atoms with E-state index >= 15 is 0 Å². The lowest BCUT2D eigenvalue weighted by Gasteiger charge is -2.35. The van der Waals surface area contributed by atoms with Crippen LogP contribution in [0.2, 0.25) is 0 Å². The Bertz CT molecular complexity index is 1150. The average molecular weight is 439 g/mol. The van der Waals surface area contributed by atoms with Gasteiger partial charge >= 0.3 is 6.03 Å². The Labute approximate surface area is 182 Å². The van der Waals surface area contributed by atoms with Gasteiger partial charge in [-0.25, -0.2) is 13.6 Å². The molecule has 1 aromatic heterocycles. The van der Waals surface area contributed by atoms with Crippen molar-refractivity contribution in [1.82, 2.24) is 15.1 Å². The van der Waals surface area contributed by atoms with E-state index in [9.17, 15) is 13.6 Å². The number of nitrogens with zero attached hydrogens (tertiary/aromatic N) is 4. The molecule has 3 heterocycles. The SMILES string of the molecule is O=C(Nc1cc(F)ccc1F)N1CCN(c2ccc(-c3ccc4c(c3)OCO4)nn2)CC1. The third-order valence-electron chi connectivity index (χ3n) is 5.38. The van der Waals surface area contributed by atoms with Crippen molar-refractivity contribution in [2.75, 3.05) is 43.2 Å². The molecule has 0 spiro atoms. The summed E-state index contributed by atoms with van der Waals surface area (Å²) >= 11 is 0. The largest absolute Gasteiger partial charge is 0.454 e. The Morgan fingerprint density at radius 1 is 0.906 bits per heavy atom. The van der Waals surface area contributed by atoms with E-state index in [1.54, 1.807) is 4.90 Å². The molecule has 2 aliphatic rings. The van der Waals surface area contributed by atoms with E-state index in [4.69, 9.17) is 9.47 Å². The molecule has 0 radical (unpaired) electrons. The van der Waals surface area contributed by atoms with Crippen LogP contribution in [0.15, 0.2) is 48.5 Å². The van der Waals surface area contributed by atoms with Crippen LogP contribution >= 0.6 is 0 Å². The average Bonchev–Trinajstić information content (AvgIpc) is 3.30. The second-order valence-electron chi connectivity index (χ2n) is 7.37. The van der Waals surface area contributed by atoms with Gasteiger partial charge in [-0.05, 0) is 42.5 Å². The van der Waals surface area contributed by atoms with Gasteiger partial charge in [0.05, 0.1) is 11.4 Å². The number of urea groups is 1. The lowest BCUT2D eigenvalue weighted by Crippen LogP contribution is -2.50. The Morgan fingerprint density at radius 3 is 2.50 bits per heavy atom. The molecule has 164 valence electrons. The summed E-state index contributed by atoms with van der Waals surface area (Å²) in [5, 5.41) is 11.1. The maximum Gasteiger partial charge on any atom is 0.322 e. The highest BCUT2D eigenvalue weighted by Crippen LogP contribution is 2.35. The van der Waals surface area contributed by atoms with Gasteiger partial charge in [0.15, 0.2) is 17.3 Å². The zero-order valence-electron chi connectivity index (χ0n) is 16.9. The Balaban J connectivity index is 1.20. The Hall–Kier alpha value is -3.95. The number of carbonyl (C=O) groups is 1. The first-order valence-corrected chi connectivity index (χ1v) is 10.1. The van der Waals surface area contributed by atoms with Crippen molar-refractivity contribution in [3.05, 3.63) is 60.2 Å². The second-order valence-corrected chi connectivity index (χ2v) is 7.37. The molecule has 0 unspecified atom stereocenters. The molecule has 0 saturated carbocycles. The fourth-order valence-electron chi connectivity index (χ4n) is 3.63. The number of anilines is 2. The molecular formula is C22H19F2N5O3. The zero-order valence-corrected chi connectivity index (χ0v) is 16.9. The highest BCUT2D eigenvalue weighted by Gasteiger charge is 2.23. The highest BCUT2D eigenvalue weighted by molar-refractivity contribution is 5.89. The minimum Gasteiger partial charge on any atom is -0.454 e. The summed E-state index contributed by atoms with van der Waals surface area (Å²) in [6.45, 7) is 2.11. The molecule has 1 saturated heterocycles. The summed E-state index contributed by atoms with van der Waals surface area (Å²) in [4.78, 5) is 16.0. The minimum absolute atomic E-state index is 0.178. The van der Waals surface area contributed by atoms with Crippen molar-refractivity contribution in [2.45, 2.75) is 0 Å². The molecule has 10 heteroatoms. The van der Waals surface area contributed by atoms with E-state index in [0.717, 1.165) is 23.8 Å². The number of ether oxygens (including phenoxy) is 2. The maximum atomic E-state index is 13.8. The molecule has 0 atom stereocenters. The molecule has 1 fully saturated rings. The van der Waals surface area contributed by atoms with E-state index in [0.29, 0.717) is 49.2 Å². The van der Waals surface area contributed by atoms with Gasteiger partial charge in [0.1, 0.15) is 11.6 Å². The first kappa shape index (κ1) is 20.0. The number of amides is 2. The molecule has 5 rings (SSSR count). The smallest absolute Gasteiger partial charge is 0.322 e. The molecule has 2 aromatic carbocycles. The second kappa shape index (κ2) is 8.29. The predicted octanol–water partition coefficient (Wildman–Crippen LogP) is 3.50. The number of rotatable bonds is 3. The van der Waals surface area contributed by atoms with Crippen molar-refractivity contribution in [2.24, 2.45) is 0 Å². The summed E-state index contributed by atoms with van der Waals surface area (Å²) in [6, 6.07) is 11.8. The van der Waals surface area contributed by atoms with Crippen molar-refractivity contribution in [3.8, 4) is 22.8 Å². The van der Waals surface area contributed by atoms with E-state index in [1.165, 1.54) is 0 Å². The summed E-state index contributed by atoms with van der Waals surface area (Å²) in [7, 11) is 0. The van der Waals surface area contributed by atoms with Gasteiger partial charge in [0.2, 0.25) is 6.79 Å². The number of carbonyl (C=O) groups excluding carboxylic acids is 1. The van der Waals surface area contributed by atoms with E-state index in [-0.39, 0.29) is 12.5 Å². The van der Waals surface area contributed by atoms with Gasteiger partial charge in [0, 0.05) is 37.8 Å². The van der Waals surface area contributed by atoms with Crippen molar-refractivity contribution in [3.63, 3.8) is 0 Å². The Morgan fingerprint density at radius 2 is 1.72 bits per heavy atom. The van der Waals surface area contributed by atoms with Crippen molar-refractivity contribution < 1.29 is 23.0 Å². The van der Waals surface area contributed by atoms with Crippen LogP contribution in [0, 0.1) is 11.6 Å². The highest BCUT2D eigenvalue weighted by atomic mass is 19.1. The molecule has 2 aliphatic heterocycles. The number of aromatic nitrogens is 2. The van der Waals surface area contributed by atoms with Gasteiger partial charge in [0.25, 0.3) is 0 Å². The molecule has 8 nitrogen and oxygen atoms in total. The molecule has 32 heavy (non-hydrogen) atoms. The summed E-state index contributed by atoms with van der Waals surface area (Å²) in [5.74, 6) is 0.789. The van der Waals surface area contributed by atoms with Crippen LogP contribution in [0.5, 0.6) is 11.5 Å². The van der Waals surface area contributed by atoms with Gasteiger partial charge in [-0.15, -0.1) is 10.2 Å². The fraction of sp³-hybridized carbons (Fsp3) is 0.227. The number of fused-ring (bicyclic) bond motifs is 1. The lowest BCUT2D eigenvalue weighted by atomic mass is 10.1. The van der Waals surface area contributed by atoms with E-state index < -0.39 is 17.7 Å². The fourth-order valence-corrected chi connectivity index (χ4v) is 3.63. The number of hydrogen-bond acceptors (Lipinski definition) is 6. The molecule has 0 bridgehead atoms. The van der Waals surface area contributed by atoms with Crippen LogP contribution < -0.4 is 19.7 Å². The van der Waals surface area contributed by atoms with Crippen LogP contribution in [0.25, 0.3) is 11.3 Å². The van der Waals surface area contributed by atoms with E-state index in [2.05, 4.69) is 15.5 Å². The Kier molecular flexibility index (Phi) is 5.18. The van der Waals surface area contributed by atoms with Gasteiger partial charge < -0.3 is 24.6 Å². The van der Waals surface area contributed by atoms with Crippen LogP contribution in [0.3, 0.4) is 0 Å². The number of benzene rings is 2. The van der Waals surface area contributed by atoms with Crippen molar-refractivity contribution >= 4 is 17.5 Å². The van der Waals surface area contributed by atoms with Crippen LogP contribution in [0.1, 0.15) is 0 Å².